The molecular formula is C21H20BrN3O2. The molecule has 1 amide bonds. The molecule has 0 N–H and O–H groups in total. The van der Waals surface area contributed by atoms with Crippen LogP contribution in [0.15, 0.2) is 57.5 Å². The number of rotatable bonds is 5. The molecule has 0 aliphatic carbocycles. The minimum Gasteiger partial charge on any atom is -0.339 e. The van der Waals surface area contributed by atoms with Gasteiger partial charge in [-0.2, -0.15) is 4.98 Å². The minimum absolute atomic E-state index is 0.0517. The number of aromatic nitrogens is 2. The maximum absolute atomic E-state index is 12.4. The van der Waals surface area contributed by atoms with Gasteiger partial charge >= 0.3 is 0 Å². The summed E-state index contributed by atoms with van der Waals surface area (Å²) in [7, 11) is 0. The maximum Gasteiger partial charge on any atom is 0.232 e. The molecule has 1 unspecified atom stereocenters. The second-order valence-electron chi connectivity index (χ2n) is 6.81. The zero-order valence-electron chi connectivity index (χ0n) is 15.1. The van der Waals surface area contributed by atoms with E-state index < -0.39 is 0 Å². The van der Waals surface area contributed by atoms with Crippen molar-refractivity contribution in [1.29, 1.82) is 0 Å². The van der Waals surface area contributed by atoms with E-state index in [0.717, 1.165) is 22.0 Å². The number of carbonyl (C=O) groups is 1. The molecule has 1 fully saturated rings. The highest BCUT2D eigenvalue weighted by molar-refractivity contribution is 9.10. The average Bonchev–Trinajstić information content (AvgIpc) is 3.30. The highest BCUT2D eigenvalue weighted by Gasteiger charge is 2.34. The molecule has 2 aromatic carbocycles. The number of carbonyl (C=O) groups excluding carboxylic acids is 1. The standard InChI is InChI=1S/C21H20BrN3O2/c1-2-14-3-5-15(6-4-14)12-25-13-17(11-19(25)26)21-23-20(24-27-21)16-7-9-18(22)10-8-16/h3-10,17H,2,11-13H2,1H3. The summed E-state index contributed by atoms with van der Waals surface area (Å²) in [6, 6.07) is 16.2. The molecule has 0 spiro atoms. The van der Waals surface area contributed by atoms with Gasteiger partial charge in [0.25, 0.3) is 0 Å². The minimum atomic E-state index is -0.0517. The topological polar surface area (TPSA) is 59.2 Å². The highest BCUT2D eigenvalue weighted by atomic mass is 79.9. The molecule has 4 rings (SSSR count). The summed E-state index contributed by atoms with van der Waals surface area (Å²) in [5, 5.41) is 4.08. The Bertz CT molecular complexity index is 935. The molecule has 1 aromatic heterocycles. The largest absolute Gasteiger partial charge is 0.339 e. The van der Waals surface area contributed by atoms with E-state index in [9.17, 15) is 4.79 Å². The Balaban J connectivity index is 1.45. The van der Waals surface area contributed by atoms with Crippen LogP contribution in [0.5, 0.6) is 0 Å². The third-order valence-electron chi connectivity index (χ3n) is 4.91. The number of benzene rings is 2. The van der Waals surface area contributed by atoms with Crippen LogP contribution < -0.4 is 0 Å². The Morgan fingerprint density at radius 2 is 1.81 bits per heavy atom. The van der Waals surface area contributed by atoms with Crippen molar-refractivity contribution in [2.75, 3.05) is 6.54 Å². The summed E-state index contributed by atoms with van der Waals surface area (Å²) in [5.41, 5.74) is 3.34. The molecule has 138 valence electrons. The number of likely N-dealkylation sites (tertiary alicyclic amines) is 1. The van der Waals surface area contributed by atoms with Gasteiger partial charge in [-0.3, -0.25) is 4.79 Å². The number of amides is 1. The molecule has 27 heavy (non-hydrogen) atoms. The molecule has 1 aliphatic heterocycles. The molecule has 0 saturated carbocycles. The third-order valence-corrected chi connectivity index (χ3v) is 5.44. The van der Waals surface area contributed by atoms with E-state index in [4.69, 9.17) is 4.52 Å². The summed E-state index contributed by atoms with van der Waals surface area (Å²) in [4.78, 5) is 18.8. The normalized spacial score (nSPS) is 16.9. The van der Waals surface area contributed by atoms with E-state index in [-0.39, 0.29) is 11.8 Å². The number of halogens is 1. The third kappa shape index (κ3) is 3.95. The molecule has 3 aromatic rings. The van der Waals surface area contributed by atoms with Gasteiger partial charge < -0.3 is 9.42 Å². The van der Waals surface area contributed by atoms with Crippen LogP contribution in [0.2, 0.25) is 0 Å². The Kier molecular flexibility index (Phi) is 5.07. The lowest BCUT2D eigenvalue weighted by atomic mass is 10.1. The maximum atomic E-state index is 12.4. The van der Waals surface area contributed by atoms with Crippen molar-refractivity contribution >= 4 is 21.8 Å². The summed E-state index contributed by atoms with van der Waals surface area (Å²) >= 11 is 3.42. The van der Waals surface area contributed by atoms with Gasteiger partial charge in [0.15, 0.2) is 0 Å². The fraction of sp³-hybridized carbons (Fsp3) is 0.286. The van der Waals surface area contributed by atoms with Crippen molar-refractivity contribution in [2.24, 2.45) is 0 Å². The SMILES string of the molecule is CCc1ccc(CN2CC(c3nc(-c4ccc(Br)cc4)no3)CC2=O)cc1. The van der Waals surface area contributed by atoms with Crippen molar-refractivity contribution in [3.63, 3.8) is 0 Å². The van der Waals surface area contributed by atoms with E-state index in [2.05, 4.69) is 57.3 Å². The van der Waals surface area contributed by atoms with E-state index in [1.165, 1.54) is 5.56 Å². The van der Waals surface area contributed by atoms with E-state index >= 15 is 0 Å². The van der Waals surface area contributed by atoms with Crippen LogP contribution in [0.4, 0.5) is 0 Å². The Morgan fingerprint density at radius 1 is 1.11 bits per heavy atom. The Morgan fingerprint density at radius 3 is 2.52 bits per heavy atom. The van der Waals surface area contributed by atoms with Crippen LogP contribution in [0.1, 0.15) is 36.3 Å². The monoisotopic (exact) mass is 425 g/mol. The number of nitrogens with zero attached hydrogens (tertiary/aromatic N) is 3. The van der Waals surface area contributed by atoms with Crippen molar-refractivity contribution < 1.29 is 9.32 Å². The van der Waals surface area contributed by atoms with E-state index in [1.807, 2.05) is 29.2 Å². The summed E-state index contributed by atoms with van der Waals surface area (Å²) in [5.74, 6) is 1.16. The molecule has 2 heterocycles. The zero-order valence-corrected chi connectivity index (χ0v) is 16.6. The lowest BCUT2D eigenvalue weighted by Crippen LogP contribution is -2.24. The van der Waals surface area contributed by atoms with Crippen LogP contribution in [-0.4, -0.2) is 27.5 Å². The average molecular weight is 426 g/mol. The van der Waals surface area contributed by atoms with Crippen molar-refractivity contribution in [1.82, 2.24) is 15.0 Å². The van der Waals surface area contributed by atoms with E-state index in [0.29, 0.717) is 31.2 Å². The first-order chi connectivity index (χ1) is 13.1. The van der Waals surface area contributed by atoms with Crippen LogP contribution in [0.3, 0.4) is 0 Å². The van der Waals surface area contributed by atoms with Gasteiger partial charge in [0.1, 0.15) is 0 Å². The smallest absolute Gasteiger partial charge is 0.232 e. The molecule has 1 saturated heterocycles. The van der Waals surface area contributed by atoms with Crippen molar-refractivity contribution in [3.8, 4) is 11.4 Å². The summed E-state index contributed by atoms with van der Waals surface area (Å²) in [6.07, 6.45) is 1.43. The number of hydrogen-bond donors (Lipinski definition) is 0. The molecular weight excluding hydrogens is 406 g/mol. The molecule has 5 nitrogen and oxygen atoms in total. The van der Waals surface area contributed by atoms with Gasteiger partial charge in [-0.1, -0.05) is 52.3 Å². The molecule has 0 bridgehead atoms. The fourth-order valence-corrected chi connectivity index (χ4v) is 3.57. The van der Waals surface area contributed by atoms with Crippen LogP contribution in [0, 0.1) is 0 Å². The molecule has 6 heteroatoms. The first kappa shape index (κ1) is 17.9. The Labute approximate surface area is 166 Å². The van der Waals surface area contributed by atoms with Crippen LogP contribution >= 0.6 is 15.9 Å². The predicted octanol–water partition coefficient (Wildman–Crippen LogP) is 4.58. The second-order valence-corrected chi connectivity index (χ2v) is 7.72. The quantitative estimate of drug-likeness (QED) is 0.600. The highest BCUT2D eigenvalue weighted by Crippen LogP contribution is 2.30. The van der Waals surface area contributed by atoms with Gasteiger partial charge in [0.05, 0.1) is 5.92 Å². The van der Waals surface area contributed by atoms with Crippen LogP contribution in [0.25, 0.3) is 11.4 Å². The lowest BCUT2D eigenvalue weighted by molar-refractivity contribution is -0.128. The zero-order chi connectivity index (χ0) is 18.8. The lowest BCUT2D eigenvalue weighted by Gasteiger charge is -2.16. The Hall–Kier alpha value is -2.47. The predicted molar refractivity (Wildman–Crippen MR) is 106 cm³/mol. The second kappa shape index (κ2) is 7.64. The first-order valence-corrected chi connectivity index (χ1v) is 9.87. The number of hydrogen-bond acceptors (Lipinski definition) is 4. The summed E-state index contributed by atoms with van der Waals surface area (Å²) < 4.78 is 6.46. The van der Waals surface area contributed by atoms with Gasteiger partial charge in [-0.25, -0.2) is 0 Å². The molecule has 0 radical (unpaired) electrons. The number of aryl methyl sites for hydroxylation is 1. The van der Waals surface area contributed by atoms with E-state index in [1.54, 1.807) is 0 Å². The van der Waals surface area contributed by atoms with Gasteiger partial charge in [0.2, 0.25) is 17.6 Å². The van der Waals surface area contributed by atoms with Gasteiger partial charge in [0, 0.05) is 29.5 Å². The van der Waals surface area contributed by atoms with Gasteiger partial charge in [-0.15, -0.1) is 0 Å². The molecule has 1 atom stereocenters. The van der Waals surface area contributed by atoms with Crippen molar-refractivity contribution in [2.45, 2.75) is 32.2 Å². The first-order valence-electron chi connectivity index (χ1n) is 9.07. The summed E-state index contributed by atoms with van der Waals surface area (Å²) in [6.45, 7) is 3.36. The van der Waals surface area contributed by atoms with Crippen LogP contribution in [-0.2, 0) is 17.8 Å². The van der Waals surface area contributed by atoms with Gasteiger partial charge in [-0.05, 0) is 41.8 Å². The van der Waals surface area contributed by atoms with Crippen molar-refractivity contribution in [3.05, 3.63) is 70.0 Å². The fourth-order valence-electron chi connectivity index (χ4n) is 3.31. The molecule has 1 aliphatic rings.